The Labute approximate surface area is 117 Å². The highest BCUT2D eigenvalue weighted by Gasteiger charge is 2.40. The van der Waals surface area contributed by atoms with Crippen LogP contribution in [-0.4, -0.2) is 55.9 Å². The van der Waals surface area contributed by atoms with Crippen molar-refractivity contribution in [2.45, 2.75) is 33.0 Å². The summed E-state index contributed by atoms with van der Waals surface area (Å²) in [5.74, 6) is -1.02. The first kappa shape index (κ1) is 17.2. The van der Waals surface area contributed by atoms with Crippen LogP contribution in [0.15, 0.2) is 0 Å². The minimum Gasteiger partial charge on any atom is -0.379 e. The van der Waals surface area contributed by atoms with Crippen LogP contribution in [0.4, 0.5) is 13.2 Å². The molecule has 1 aliphatic rings. The number of hydrogen-bond acceptors (Lipinski definition) is 3. The lowest BCUT2D eigenvalue weighted by molar-refractivity contribution is -0.165. The Balaban J connectivity index is 2.75. The first-order valence-electron chi connectivity index (χ1n) is 6.91. The van der Waals surface area contributed by atoms with Gasteiger partial charge in [-0.05, 0) is 12.5 Å². The fourth-order valence-corrected chi connectivity index (χ4v) is 2.39. The van der Waals surface area contributed by atoms with E-state index in [4.69, 9.17) is 4.74 Å². The second kappa shape index (κ2) is 7.26. The van der Waals surface area contributed by atoms with Gasteiger partial charge in [0.2, 0.25) is 5.91 Å². The summed E-state index contributed by atoms with van der Waals surface area (Å²) in [5, 5.41) is 3.09. The van der Waals surface area contributed by atoms with Crippen LogP contribution in [0.2, 0.25) is 0 Å². The van der Waals surface area contributed by atoms with Crippen molar-refractivity contribution in [3.05, 3.63) is 0 Å². The Morgan fingerprint density at radius 3 is 2.55 bits per heavy atom. The summed E-state index contributed by atoms with van der Waals surface area (Å²) in [7, 11) is 0. The third kappa shape index (κ3) is 5.28. The molecule has 1 rings (SSSR count). The van der Waals surface area contributed by atoms with Crippen molar-refractivity contribution >= 4 is 5.91 Å². The summed E-state index contributed by atoms with van der Waals surface area (Å²) in [4.78, 5) is 13.3. The van der Waals surface area contributed by atoms with Crippen molar-refractivity contribution in [2.75, 3.05) is 32.8 Å². The summed E-state index contributed by atoms with van der Waals surface area (Å²) in [6.45, 7) is 5.59. The van der Waals surface area contributed by atoms with Crippen LogP contribution < -0.4 is 5.32 Å². The Hall–Kier alpha value is -0.820. The molecule has 0 saturated carbocycles. The summed E-state index contributed by atoms with van der Waals surface area (Å²) in [6.07, 6.45) is -4.38. The van der Waals surface area contributed by atoms with Crippen LogP contribution in [0.1, 0.15) is 20.8 Å². The second-order valence-electron chi connectivity index (χ2n) is 5.54. The van der Waals surface area contributed by atoms with Gasteiger partial charge in [0.05, 0.1) is 19.1 Å². The maximum atomic E-state index is 12.6. The normalized spacial score (nSPS) is 23.4. The molecule has 0 spiro atoms. The maximum Gasteiger partial charge on any atom is 0.406 e. The molecule has 1 N–H and O–H groups in total. The summed E-state index contributed by atoms with van der Waals surface area (Å²) >= 11 is 0. The molecule has 0 bridgehead atoms. The van der Waals surface area contributed by atoms with Crippen molar-refractivity contribution in [3.8, 4) is 0 Å². The molecule has 118 valence electrons. The van der Waals surface area contributed by atoms with E-state index in [0.29, 0.717) is 13.2 Å². The molecule has 0 aromatic carbocycles. The monoisotopic (exact) mass is 296 g/mol. The number of carbonyl (C=O) groups excluding carboxylic acids is 1. The van der Waals surface area contributed by atoms with Gasteiger partial charge in [0.15, 0.2) is 0 Å². The molecule has 1 heterocycles. The average molecular weight is 296 g/mol. The van der Waals surface area contributed by atoms with Crippen molar-refractivity contribution in [1.82, 2.24) is 10.2 Å². The lowest BCUT2D eigenvalue weighted by atomic mass is 10.0. The van der Waals surface area contributed by atoms with E-state index < -0.39 is 24.5 Å². The van der Waals surface area contributed by atoms with E-state index in [2.05, 4.69) is 5.32 Å². The fraction of sp³-hybridized carbons (Fsp3) is 0.923. The maximum absolute atomic E-state index is 12.6. The number of likely N-dealkylation sites (N-methyl/N-ethyl adjacent to an activating group) is 1. The van der Waals surface area contributed by atoms with Crippen LogP contribution in [0, 0.1) is 11.8 Å². The molecule has 1 saturated heterocycles. The number of carbonyl (C=O) groups is 1. The van der Waals surface area contributed by atoms with Crippen LogP contribution in [-0.2, 0) is 9.53 Å². The van der Waals surface area contributed by atoms with E-state index in [0.717, 1.165) is 4.90 Å². The summed E-state index contributed by atoms with van der Waals surface area (Å²) < 4.78 is 43.1. The van der Waals surface area contributed by atoms with Crippen molar-refractivity contribution in [2.24, 2.45) is 11.8 Å². The number of rotatable bonds is 6. The quantitative estimate of drug-likeness (QED) is 0.810. The van der Waals surface area contributed by atoms with Gasteiger partial charge in [-0.1, -0.05) is 20.8 Å². The van der Waals surface area contributed by atoms with E-state index in [1.807, 2.05) is 6.92 Å². The molecular formula is C13H23F3N2O2. The first-order chi connectivity index (χ1) is 9.24. The van der Waals surface area contributed by atoms with Crippen molar-refractivity contribution < 1.29 is 22.7 Å². The lowest BCUT2D eigenvalue weighted by Gasteiger charge is -2.29. The zero-order valence-corrected chi connectivity index (χ0v) is 12.2. The third-order valence-corrected chi connectivity index (χ3v) is 3.13. The Kier molecular flexibility index (Phi) is 6.26. The minimum absolute atomic E-state index is 0.0128. The molecular weight excluding hydrogens is 273 g/mol. The molecule has 0 aromatic rings. The topological polar surface area (TPSA) is 41.6 Å². The highest BCUT2D eigenvalue weighted by molar-refractivity contribution is 5.80. The highest BCUT2D eigenvalue weighted by Crippen LogP contribution is 2.22. The molecule has 0 radical (unpaired) electrons. The van der Waals surface area contributed by atoms with E-state index in [9.17, 15) is 18.0 Å². The lowest BCUT2D eigenvalue weighted by Crippen LogP contribution is -2.49. The van der Waals surface area contributed by atoms with E-state index >= 15 is 0 Å². The standard InChI is InChI=1S/C13H23F3N2O2/c1-4-17-11-7-20-6-10(11)12(19)18(5-9(2)3)8-13(14,15)16/h9-11,17H,4-8H2,1-3H3. The SMILES string of the molecule is CCNC1COCC1C(=O)N(CC(C)C)CC(F)(F)F. The predicted molar refractivity (Wildman–Crippen MR) is 69.2 cm³/mol. The molecule has 2 atom stereocenters. The molecule has 0 aliphatic carbocycles. The Morgan fingerprint density at radius 2 is 2.05 bits per heavy atom. The molecule has 1 amide bonds. The van der Waals surface area contributed by atoms with Crippen LogP contribution in [0.25, 0.3) is 0 Å². The number of nitrogens with zero attached hydrogens (tertiary/aromatic N) is 1. The Morgan fingerprint density at radius 1 is 1.40 bits per heavy atom. The number of amides is 1. The minimum atomic E-state index is -4.38. The third-order valence-electron chi connectivity index (χ3n) is 3.13. The van der Waals surface area contributed by atoms with Gasteiger partial charge in [-0.3, -0.25) is 4.79 Å². The van der Waals surface area contributed by atoms with Crippen LogP contribution in [0.3, 0.4) is 0 Å². The van der Waals surface area contributed by atoms with Crippen molar-refractivity contribution in [3.63, 3.8) is 0 Å². The molecule has 20 heavy (non-hydrogen) atoms. The molecule has 1 aliphatic heterocycles. The molecule has 2 unspecified atom stereocenters. The largest absolute Gasteiger partial charge is 0.406 e. The number of halogens is 3. The van der Waals surface area contributed by atoms with Gasteiger partial charge in [0, 0.05) is 12.6 Å². The number of hydrogen-bond donors (Lipinski definition) is 1. The number of ether oxygens (including phenoxy) is 1. The number of alkyl halides is 3. The molecule has 0 aromatic heterocycles. The molecule has 7 heteroatoms. The predicted octanol–water partition coefficient (Wildman–Crippen LogP) is 1.66. The smallest absolute Gasteiger partial charge is 0.379 e. The second-order valence-corrected chi connectivity index (χ2v) is 5.54. The van der Waals surface area contributed by atoms with Gasteiger partial charge in [0.1, 0.15) is 6.54 Å². The van der Waals surface area contributed by atoms with E-state index in [1.165, 1.54) is 0 Å². The van der Waals surface area contributed by atoms with Gasteiger partial charge < -0.3 is 15.0 Å². The van der Waals surface area contributed by atoms with Gasteiger partial charge in [-0.25, -0.2) is 0 Å². The highest BCUT2D eigenvalue weighted by atomic mass is 19.4. The Bertz CT molecular complexity index is 321. The summed E-state index contributed by atoms with van der Waals surface area (Å²) in [5.41, 5.74) is 0. The van der Waals surface area contributed by atoms with Crippen LogP contribution >= 0.6 is 0 Å². The van der Waals surface area contributed by atoms with Gasteiger partial charge in [0.25, 0.3) is 0 Å². The molecule has 1 fully saturated rings. The van der Waals surface area contributed by atoms with Crippen molar-refractivity contribution in [1.29, 1.82) is 0 Å². The zero-order valence-electron chi connectivity index (χ0n) is 12.2. The van der Waals surface area contributed by atoms with Gasteiger partial charge in [-0.15, -0.1) is 0 Å². The zero-order chi connectivity index (χ0) is 15.3. The molecule has 4 nitrogen and oxygen atoms in total. The summed E-state index contributed by atoms with van der Waals surface area (Å²) in [6, 6.07) is -0.199. The average Bonchev–Trinajstić information content (AvgIpc) is 2.73. The van der Waals surface area contributed by atoms with E-state index in [1.54, 1.807) is 13.8 Å². The van der Waals surface area contributed by atoms with Gasteiger partial charge in [-0.2, -0.15) is 13.2 Å². The van der Waals surface area contributed by atoms with Crippen LogP contribution in [0.5, 0.6) is 0 Å². The first-order valence-corrected chi connectivity index (χ1v) is 6.91. The van der Waals surface area contributed by atoms with E-state index in [-0.39, 0.29) is 25.1 Å². The number of nitrogens with one attached hydrogen (secondary N) is 1. The van der Waals surface area contributed by atoms with Gasteiger partial charge >= 0.3 is 6.18 Å². The fourth-order valence-electron chi connectivity index (χ4n) is 2.39.